The molecule has 16 heavy (non-hydrogen) atoms. The third-order valence-corrected chi connectivity index (χ3v) is 3.68. The van der Waals surface area contributed by atoms with Crippen LogP contribution in [0, 0.1) is 5.92 Å². The molecule has 0 aromatic carbocycles. The monoisotopic (exact) mass is 224 g/mol. The van der Waals surface area contributed by atoms with Gasteiger partial charge in [0.15, 0.2) is 0 Å². The summed E-state index contributed by atoms with van der Waals surface area (Å²) in [6, 6.07) is 0. The second kappa shape index (κ2) is 12.8. The molecule has 0 N–H and O–H groups in total. The van der Waals surface area contributed by atoms with Gasteiger partial charge in [-0.3, -0.25) is 0 Å². The molecule has 0 heteroatoms. The van der Waals surface area contributed by atoms with E-state index < -0.39 is 0 Å². The van der Waals surface area contributed by atoms with Crippen molar-refractivity contribution >= 4 is 0 Å². The number of hydrogen-bond donors (Lipinski definition) is 0. The van der Waals surface area contributed by atoms with E-state index in [4.69, 9.17) is 0 Å². The second-order valence-corrected chi connectivity index (χ2v) is 5.02. The van der Waals surface area contributed by atoms with Gasteiger partial charge < -0.3 is 0 Å². The highest BCUT2D eigenvalue weighted by atomic mass is 14.1. The van der Waals surface area contributed by atoms with Crippen LogP contribution in [0.25, 0.3) is 0 Å². The lowest BCUT2D eigenvalue weighted by Crippen LogP contribution is -1.96. The Hall–Kier alpha value is -0.260. The Kier molecular flexibility index (Phi) is 12.6. The van der Waals surface area contributed by atoms with Gasteiger partial charge in [0, 0.05) is 0 Å². The van der Waals surface area contributed by atoms with Crippen LogP contribution in [-0.4, -0.2) is 0 Å². The SMILES string of the molecule is C=CCCCCCCCCCC(CC)CC. The van der Waals surface area contributed by atoms with Gasteiger partial charge in [-0.15, -0.1) is 6.58 Å². The summed E-state index contributed by atoms with van der Waals surface area (Å²) >= 11 is 0. The smallest absolute Gasteiger partial charge is 0.0353 e. The van der Waals surface area contributed by atoms with E-state index in [1.807, 2.05) is 6.08 Å². The first-order valence-electron chi connectivity index (χ1n) is 7.46. The summed E-state index contributed by atoms with van der Waals surface area (Å²) in [6.45, 7) is 8.41. The molecule has 0 aromatic rings. The van der Waals surface area contributed by atoms with Crippen LogP contribution in [-0.2, 0) is 0 Å². The maximum Gasteiger partial charge on any atom is -0.0353 e. The second-order valence-electron chi connectivity index (χ2n) is 5.02. The first kappa shape index (κ1) is 15.7. The molecule has 0 rings (SSSR count). The van der Waals surface area contributed by atoms with Gasteiger partial charge in [0.05, 0.1) is 0 Å². The lowest BCUT2D eigenvalue weighted by molar-refractivity contribution is 0.426. The van der Waals surface area contributed by atoms with Crippen LogP contribution in [0.5, 0.6) is 0 Å². The average molecular weight is 224 g/mol. The van der Waals surface area contributed by atoms with E-state index in [-0.39, 0.29) is 0 Å². The highest BCUT2D eigenvalue weighted by molar-refractivity contribution is 4.65. The minimum atomic E-state index is 0.993. The maximum atomic E-state index is 3.75. The van der Waals surface area contributed by atoms with Gasteiger partial charge in [0.2, 0.25) is 0 Å². The van der Waals surface area contributed by atoms with Crippen LogP contribution in [0.15, 0.2) is 12.7 Å². The van der Waals surface area contributed by atoms with Crippen molar-refractivity contribution in [1.82, 2.24) is 0 Å². The zero-order valence-electron chi connectivity index (χ0n) is 11.6. The Morgan fingerprint density at radius 2 is 1.31 bits per heavy atom. The van der Waals surface area contributed by atoms with E-state index in [1.165, 1.54) is 70.6 Å². The predicted octanol–water partition coefficient (Wildman–Crippen LogP) is 6.12. The van der Waals surface area contributed by atoms with Crippen molar-refractivity contribution in [2.24, 2.45) is 5.92 Å². The highest BCUT2D eigenvalue weighted by Crippen LogP contribution is 2.17. The molecule has 0 nitrogen and oxygen atoms in total. The molecule has 0 saturated carbocycles. The molecule has 0 heterocycles. The molecular weight excluding hydrogens is 192 g/mol. The molecule has 0 aromatic heterocycles. The summed E-state index contributed by atoms with van der Waals surface area (Å²) in [6.07, 6.45) is 17.4. The summed E-state index contributed by atoms with van der Waals surface area (Å²) in [4.78, 5) is 0. The third-order valence-electron chi connectivity index (χ3n) is 3.68. The normalized spacial score (nSPS) is 10.9. The van der Waals surface area contributed by atoms with Crippen molar-refractivity contribution < 1.29 is 0 Å². The van der Waals surface area contributed by atoms with E-state index >= 15 is 0 Å². The number of unbranched alkanes of at least 4 members (excludes halogenated alkanes) is 7. The Bertz CT molecular complexity index is 133. The number of rotatable bonds is 12. The molecule has 0 radical (unpaired) electrons. The fourth-order valence-corrected chi connectivity index (χ4v) is 2.30. The summed E-state index contributed by atoms with van der Waals surface area (Å²) in [5.74, 6) is 0.993. The van der Waals surface area contributed by atoms with Gasteiger partial charge in [-0.1, -0.05) is 77.7 Å². The van der Waals surface area contributed by atoms with Crippen molar-refractivity contribution in [2.45, 2.75) is 84.5 Å². The summed E-state index contributed by atoms with van der Waals surface area (Å²) in [5, 5.41) is 0. The van der Waals surface area contributed by atoms with Crippen molar-refractivity contribution in [2.75, 3.05) is 0 Å². The lowest BCUT2D eigenvalue weighted by atomic mass is 9.95. The molecule has 96 valence electrons. The van der Waals surface area contributed by atoms with Gasteiger partial charge in [0.1, 0.15) is 0 Å². The van der Waals surface area contributed by atoms with E-state index in [0.29, 0.717) is 0 Å². The third kappa shape index (κ3) is 10.3. The quantitative estimate of drug-likeness (QED) is 0.277. The number of hydrogen-bond acceptors (Lipinski definition) is 0. The van der Waals surface area contributed by atoms with Crippen molar-refractivity contribution in [3.05, 3.63) is 12.7 Å². The largest absolute Gasteiger partial charge is 0.103 e. The topological polar surface area (TPSA) is 0 Å². The first-order chi connectivity index (χ1) is 7.85. The fourth-order valence-electron chi connectivity index (χ4n) is 2.30. The molecule has 0 aliphatic carbocycles. The van der Waals surface area contributed by atoms with Crippen LogP contribution < -0.4 is 0 Å². The van der Waals surface area contributed by atoms with Crippen molar-refractivity contribution in [3.8, 4) is 0 Å². The lowest BCUT2D eigenvalue weighted by Gasteiger charge is -2.11. The van der Waals surface area contributed by atoms with E-state index in [1.54, 1.807) is 0 Å². The summed E-state index contributed by atoms with van der Waals surface area (Å²) in [5.41, 5.74) is 0. The standard InChI is InChI=1S/C16H32/c1-4-7-8-9-10-11-12-13-14-15-16(5-2)6-3/h4,16H,1,5-15H2,2-3H3. The molecule has 0 unspecified atom stereocenters. The van der Waals surface area contributed by atoms with Crippen LogP contribution in [0.4, 0.5) is 0 Å². The predicted molar refractivity (Wildman–Crippen MR) is 75.8 cm³/mol. The Morgan fingerprint density at radius 3 is 1.81 bits per heavy atom. The summed E-state index contributed by atoms with van der Waals surface area (Å²) < 4.78 is 0. The van der Waals surface area contributed by atoms with Crippen molar-refractivity contribution in [3.63, 3.8) is 0 Å². The van der Waals surface area contributed by atoms with Crippen LogP contribution in [0.3, 0.4) is 0 Å². The van der Waals surface area contributed by atoms with E-state index in [9.17, 15) is 0 Å². The molecule has 0 saturated heterocycles. The van der Waals surface area contributed by atoms with E-state index in [0.717, 1.165) is 5.92 Å². The van der Waals surface area contributed by atoms with E-state index in [2.05, 4.69) is 20.4 Å². The molecule has 0 bridgehead atoms. The summed E-state index contributed by atoms with van der Waals surface area (Å²) in [7, 11) is 0. The van der Waals surface area contributed by atoms with Gasteiger partial charge in [0.25, 0.3) is 0 Å². The van der Waals surface area contributed by atoms with Crippen LogP contribution >= 0.6 is 0 Å². The van der Waals surface area contributed by atoms with Gasteiger partial charge >= 0.3 is 0 Å². The van der Waals surface area contributed by atoms with Crippen LogP contribution in [0.2, 0.25) is 0 Å². The van der Waals surface area contributed by atoms with Crippen molar-refractivity contribution in [1.29, 1.82) is 0 Å². The molecule has 0 aliphatic heterocycles. The van der Waals surface area contributed by atoms with Gasteiger partial charge in [-0.2, -0.15) is 0 Å². The molecule has 0 aliphatic rings. The molecule has 0 fully saturated rings. The van der Waals surface area contributed by atoms with Gasteiger partial charge in [-0.05, 0) is 18.8 Å². The minimum Gasteiger partial charge on any atom is -0.103 e. The zero-order valence-corrected chi connectivity index (χ0v) is 11.6. The zero-order chi connectivity index (χ0) is 12.1. The molecule has 0 atom stereocenters. The Labute approximate surface area is 104 Å². The highest BCUT2D eigenvalue weighted by Gasteiger charge is 2.01. The van der Waals surface area contributed by atoms with Gasteiger partial charge in [-0.25, -0.2) is 0 Å². The molecule has 0 spiro atoms. The maximum absolute atomic E-state index is 3.75. The fraction of sp³-hybridized carbons (Fsp3) is 0.875. The van der Waals surface area contributed by atoms with Crippen LogP contribution in [0.1, 0.15) is 84.5 Å². The Balaban J connectivity index is 3.06. The number of allylic oxidation sites excluding steroid dienone is 1. The average Bonchev–Trinajstić information content (AvgIpc) is 2.32. The molecule has 0 amide bonds. The molecular formula is C16H32. The first-order valence-corrected chi connectivity index (χ1v) is 7.46. The minimum absolute atomic E-state index is 0.993. The Morgan fingerprint density at radius 1 is 0.812 bits per heavy atom.